The highest BCUT2D eigenvalue weighted by molar-refractivity contribution is 7.12. The molecular weight excluding hydrogens is 439 g/mol. The van der Waals surface area contributed by atoms with Crippen molar-refractivity contribution in [2.75, 3.05) is 26.2 Å². The average Bonchev–Trinajstić information content (AvgIpc) is 3.27. The number of carbonyl (C=O) groups excluding carboxylic acids is 1. The number of amides is 1. The lowest BCUT2D eigenvalue weighted by atomic mass is 10.1. The van der Waals surface area contributed by atoms with Gasteiger partial charge in [-0.1, -0.05) is 18.2 Å². The predicted molar refractivity (Wildman–Crippen MR) is 116 cm³/mol. The molecule has 0 aliphatic carbocycles. The first-order valence-electron chi connectivity index (χ1n) is 10.0. The van der Waals surface area contributed by atoms with Gasteiger partial charge in [0.15, 0.2) is 5.75 Å². The molecule has 164 valence electrons. The number of carbonyl (C=O) groups is 1. The van der Waals surface area contributed by atoms with Gasteiger partial charge in [0.05, 0.1) is 16.0 Å². The Morgan fingerprint density at radius 3 is 2.47 bits per heavy atom. The number of halogens is 3. The normalized spacial score (nSPS) is 15.9. The Morgan fingerprint density at radius 1 is 0.969 bits per heavy atom. The topological polar surface area (TPSA) is 45.1 Å². The van der Waals surface area contributed by atoms with Crippen LogP contribution in [0.1, 0.15) is 20.8 Å². The van der Waals surface area contributed by atoms with Crippen molar-refractivity contribution in [2.24, 2.45) is 4.99 Å². The number of alkyl halides is 3. The molecule has 1 aromatic heterocycles. The number of ether oxygens (including phenoxy) is 1. The molecule has 0 N–H and O–H groups in total. The molecule has 0 bridgehead atoms. The van der Waals surface area contributed by atoms with Gasteiger partial charge in [0, 0.05) is 26.2 Å². The minimum Gasteiger partial charge on any atom is -0.454 e. The SMILES string of the molecule is O=C(c1cccs1)N1CCN(C2=Nc3ccc(C(F)(F)F)cc3Oc3ccccc32)CC1. The van der Waals surface area contributed by atoms with Crippen molar-refractivity contribution < 1.29 is 22.7 Å². The number of rotatable bonds is 1. The number of hydrogen-bond acceptors (Lipinski definition) is 5. The lowest BCUT2D eigenvalue weighted by Gasteiger charge is -2.36. The maximum atomic E-state index is 13.2. The fourth-order valence-corrected chi connectivity index (χ4v) is 4.51. The fraction of sp³-hybridized carbons (Fsp3) is 0.217. The van der Waals surface area contributed by atoms with Gasteiger partial charge in [-0.2, -0.15) is 13.2 Å². The van der Waals surface area contributed by atoms with E-state index in [0.29, 0.717) is 53.9 Å². The van der Waals surface area contributed by atoms with Gasteiger partial charge < -0.3 is 14.5 Å². The fourth-order valence-electron chi connectivity index (χ4n) is 3.82. The first-order valence-corrected chi connectivity index (χ1v) is 10.9. The van der Waals surface area contributed by atoms with Crippen molar-refractivity contribution in [3.63, 3.8) is 0 Å². The van der Waals surface area contributed by atoms with Crippen molar-refractivity contribution in [2.45, 2.75) is 6.18 Å². The van der Waals surface area contributed by atoms with Gasteiger partial charge in [-0.25, -0.2) is 4.99 Å². The largest absolute Gasteiger partial charge is 0.454 e. The molecule has 0 atom stereocenters. The van der Waals surface area contributed by atoms with E-state index < -0.39 is 11.7 Å². The summed E-state index contributed by atoms with van der Waals surface area (Å²) in [5, 5.41) is 1.88. The van der Waals surface area contributed by atoms with E-state index in [2.05, 4.69) is 0 Å². The van der Waals surface area contributed by atoms with E-state index in [1.165, 1.54) is 17.4 Å². The molecule has 32 heavy (non-hydrogen) atoms. The molecule has 0 spiro atoms. The van der Waals surface area contributed by atoms with Crippen molar-refractivity contribution in [3.8, 4) is 11.5 Å². The van der Waals surface area contributed by atoms with Gasteiger partial charge in [0.2, 0.25) is 0 Å². The summed E-state index contributed by atoms with van der Waals surface area (Å²) in [6, 6.07) is 14.2. The Bertz CT molecular complexity index is 1180. The summed E-state index contributed by atoms with van der Waals surface area (Å²) in [6.45, 7) is 2.16. The Labute approximate surface area is 186 Å². The van der Waals surface area contributed by atoms with Gasteiger partial charge in [-0.3, -0.25) is 4.79 Å². The lowest BCUT2D eigenvalue weighted by molar-refractivity contribution is -0.137. The molecule has 3 heterocycles. The van der Waals surface area contributed by atoms with Crippen LogP contribution in [-0.4, -0.2) is 47.7 Å². The number of aliphatic imine (C=N–C) groups is 1. The molecule has 1 amide bonds. The quantitative estimate of drug-likeness (QED) is 0.491. The van der Waals surface area contributed by atoms with Crippen LogP contribution >= 0.6 is 11.3 Å². The van der Waals surface area contributed by atoms with Gasteiger partial charge >= 0.3 is 6.18 Å². The zero-order valence-electron chi connectivity index (χ0n) is 16.8. The molecule has 9 heteroatoms. The number of nitrogens with zero attached hydrogens (tertiary/aromatic N) is 3. The smallest absolute Gasteiger partial charge is 0.416 e. The Balaban J connectivity index is 1.45. The maximum Gasteiger partial charge on any atom is 0.416 e. The number of amidine groups is 1. The molecular formula is C23H18F3N3O2S. The molecule has 2 aliphatic heterocycles. The summed E-state index contributed by atoms with van der Waals surface area (Å²) in [4.78, 5) is 21.9. The van der Waals surface area contributed by atoms with Crippen LogP contribution in [0.2, 0.25) is 0 Å². The Morgan fingerprint density at radius 2 is 1.75 bits per heavy atom. The zero-order chi connectivity index (χ0) is 22.3. The van der Waals surface area contributed by atoms with Crippen molar-refractivity contribution in [3.05, 3.63) is 76.0 Å². The van der Waals surface area contributed by atoms with Crippen molar-refractivity contribution in [1.29, 1.82) is 0 Å². The summed E-state index contributed by atoms with van der Waals surface area (Å²) in [5.41, 5.74) is 0.254. The second-order valence-corrected chi connectivity index (χ2v) is 8.42. The van der Waals surface area contributed by atoms with Crippen LogP contribution in [0.25, 0.3) is 0 Å². The minimum absolute atomic E-state index is 0.0104. The van der Waals surface area contributed by atoms with Gasteiger partial charge in [0.1, 0.15) is 17.3 Å². The number of fused-ring (bicyclic) bond motifs is 2. The van der Waals surface area contributed by atoms with E-state index in [-0.39, 0.29) is 11.7 Å². The van der Waals surface area contributed by atoms with Crippen LogP contribution in [-0.2, 0) is 6.18 Å². The third kappa shape index (κ3) is 3.84. The summed E-state index contributed by atoms with van der Waals surface area (Å²) < 4.78 is 45.4. The molecule has 2 aliphatic rings. The van der Waals surface area contributed by atoms with Crippen LogP contribution in [0.15, 0.2) is 65.0 Å². The first kappa shape index (κ1) is 20.6. The molecule has 5 nitrogen and oxygen atoms in total. The highest BCUT2D eigenvalue weighted by Crippen LogP contribution is 2.41. The molecule has 5 rings (SSSR count). The second-order valence-electron chi connectivity index (χ2n) is 7.47. The summed E-state index contributed by atoms with van der Waals surface area (Å²) in [5.74, 6) is 1.15. The first-order chi connectivity index (χ1) is 15.4. The van der Waals surface area contributed by atoms with E-state index in [4.69, 9.17) is 9.73 Å². The molecule has 1 fully saturated rings. The van der Waals surface area contributed by atoms with Gasteiger partial charge in [-0.15, -0.1) is 11.3 Å². The molecule has 0 unspecified atom stereocenters. The van der Waals surface area contributed by atoms with Crippen molar-refractivity contribution in [1.82, 2.24) is 9.80 Å². The van der Waals surface area contributed by atoms with Crippen molar-refractivity contribution >= 4 is 28.8 Å². The van der Waals surface area contributed by atoms with E-state index in [1.54, 1.807) is 12.1 Å². The molecule has 3 aromatic rings. The Kier molecular flexibility index (Phi) is 5.13. The third-order valence-corrected chi connectivity index (χ3v) is 6.32. The minimum atomic E-state index is -4.47. The Hall–Kier alpha value is -3.33. The van der Waals surface area contributed by atoms with Gasteiger partial charge in [-0.05, 0) is 41.8 Å². The van der Waals surface area contributed by atoms with Crippen LogP contribution in [0, 0.1) is 0 Å². The standard InChI is InChI=1S/C23H18F3N3O2S/c24-23(25,26)15-7-8-17-19(14-15)31-18-5-2-1-4-16(18)21(27-17)28-9-11-29(12-10-28)22(30)20-6-3-13-32-20/h1-8,13-14H,9-12H2. The number of hydrogen-bond donors (Lipinski definition) is 0. The van der Waals surface area contributed by atoms with Crippen LogP contribution in [0.3, 0.4) is 0 Å². The summed E-state index contributed by atoms with van der Waals surface area (Å²) >= 11 is 1.42. The van der Waals surface area contributed by atoms with E-state index >= 15 is 0 Å². The predicted octanol–water partition coefficient (Wildman–Crippen LogP) is 5.41. The van der Waals surface area contributed by atoms with Gasteiger partial charge in [0.25, 0.3) is 5.91 Å². The average molecular weight is 457 g/mol. The molecule has 0 saturated carbocycles. The lowest BCUT2D eigenvalue weighted by Crippen LogP contribution is -2.50. The number of thiophene rings is 1. The summed E-state index contributed by atoms with van der Waals surface area (Å²) in [6.07, 6.45) is -4.47. The second kappa shape index (κ2) is 7.98. The highest BCUT2D eigenvalue weighted by atomic mass is 32.1. The number of piperazine rings is 1. The number of benzene rings is 2. The van der Waals surface area contributed by atoms with E-state index in [1.807, 2.05) is 39.4 Å². The number of para-hydroxylation sites is 1. The van der Waals surface area contributed by atoms with E-state index in [9.17, 15) is 18.0 Å². The van der Waals surface area contributed by atoms with Crippen LogP contribution < -0.4 is 4.74 Å². The van der Waals surface area contributed by atoms with Crippen LogP contribution in [0.4, 0.5) is 18.9 Å². The third-order valence-electron chi connectivity index (χ3n) is 5.46. The monoisotopic (exact) mass is 457 g/mol. The van der Waals surface area contributed by atoms with E-state index in [0.717, 1.165) is 12.1 Å². The molecule has 0 radical (unpaired) electrons. The highest BCUT2D eigenvalue weighted by Gasteiger charge is 2.33. The maximum absolute atomic E-state index is 13.2. The zero-order valence-corrected chi connectivity index (χ0v) is 17.6. The molecule has 2 aromatic carbocycles. The molecule has 1 saturated heterocycles. The van der Waals surface area contributed by atoms with Crippen LogP contribution in [0.5, 0.6) is 11.5 Å². The summed E-state index contributed by atoms with van der Waals surface area (Å²) in [7, 11) is 0.